The van der Waals surface area contributed by atoms with Crippen LogP contribution in [0.2, 0.25) is 5.02 Å². The number of H-pyrrole nitrogens is 1. The van der Waals surface area contributed by atoms with Crippen molar-refractivity contribution in [3.63, 3.8) is 0 Å². The lowest BCUT2D eigenvalue weighted by atomic mass is 10.2. The summed E-state index contributed by atoms with van der Waals surface area (Å²) in [7, 11) is 1.44. The molecule has 0 aliphatic carbocycles. The summed E-state index contributed by atoms with van der Waals surface area (Å²) in [6.45, 7) is 0. The van der Waals surface area contributed by atoms with Gasteiger partial charge in [0.2, 0.25) is 0 Å². The molecule has 0 amide bonds. The molecule has 0 atom stereocenters. The zero-order chi connectivity index (χ0) is 11.0. The first kappa shape index (κ1) is 10.2. The second-order valence-electron chi connectivity index (χ2n) is 2.94. The van der Waals surface area contributed by atoms with Crippen molar-refractivity contribution in [3.8, 4) is 5.75 Å². The molecular formula is C9H7ClF2N2O. The smallest absolute Gasteiger partial charge is 0.280 e. The van der Waals surface area contributed by atoms with Gasteiger partial charge >= 0.3 is 0 Å². The third-order valence-corrected chi connectivity index (χ3v) is 2.36. The topological polar surface area (TPSA) is 37.9 Å². The maximum Gasteiger partial charge on any atom is 0.280 e. The van der Waals surface area contributed by atoms with Crippen molar-refractivity contribution in [2.75, 3.05) is 7.11 Å². The summed E-state index contributed by atoms with van der Waals surface area (Å²) in [5.74, 6) is 0.427. The fourth-order valence-corrected chi connectivity index (χ4v) is 1.61. The Kier molecular flexibility index (Phi) is 2.48. The molecular weight excluding hydrogens is 226 g/mol. The van der Waals surface area contributed by atoms with E-state index >= 15 is 0 Å². The maximum atomic E-state index is 12.5. The molecule has 2 rings (SSSR count). The SMILES string of the molecule is COc1cc(Cl)c2n[nH]c(C(F)F)c2c1. The van der Waals surface area contributed by atoms with Crippen LogP contribution in [0.25, 0.3) is 10.9 Å². The summed E-state index contributed by atoms with van der Waals surface area (Å²) >= 11 is 5.85. The summed E-state index contributed by atoms with van der Waals surface area (Å²) in [6.07, 6.45) is -2.61. The number of halogens is 3. The number of ether oxygens (including phenoxy) is 1. The standard InChI is InChI=1S/C9H7ClF2N2O/c1-15-4-2-5-7(6(10)3-4)13-14-8(5)9(11)12/h2-3,9H,1H3,(H,13,14). The Morgan fingerprint density at radius 3 is 2.80 bits per heavy atom. The van der Waals surface area contributed by atoms with Crippen LogP contribution < -0.4 is 4.74 Å². The normalized spacial score (nSPS) is 11.3. The van der Waals surface area contributed by atoms with E-state index in [4.69, 9.17) is 16.3 Å². The quantitative estimate of drug-likeness (QED) is 0.864. The molecule has 6 heteroatoms. The van der Waals surface area contributed by atoms with Gasteiger partial charge in [-0.15, -0.1) is 0 Å². The molecule has 0 aliphatic heterocycles. The number of aromatic amines is 1. The van der Waals surface area contributed by atoms with Gasteiger partial charge in [0.1, 0.15) is 17.0 Å². The molecule has 3 nitrogen and oxygen atoms in total. The molecule has 1 aromatic heterocycles. The molecule has 0 saturated heterocycles. The number of hydrogen-bond acceptors (Lipinski definition) is 2. The number of benzene rings is 1. The number of alkyl halides is 2. The minimum Gasteiger partial charge on any atom is -0.497 e. The third-order valence-electron chi connectivity index (χ3n) is 2.07. The van der Waals surface area contributed by atoms with Crippen molar-refractivity contribution < 1.29 is 13.5 Å². The van der Waals surface area contributed by atoms with Crippen LogP contribution in [0.15, 0.2) is 12.1 Å². The van der Waals surface area contributed by atoms with Crippen LogP contribution >= 0.6 is 11.6 Å². The highest BCUT2D eigenvalue weighted by Crippen LogP contribution is 2.33. The molecule has 1 heterocycles. The highest BCUT2D eigenvalue weighted by Gasteiger charge is 2.17. The fourth-order valence-electron chi connectivity index (χ4n) is 1.35. The Hall–Kier alpha value is -1.36. The first-order valence-electron chi connectivity index (χ1n) is 4.13. The Labute approximate surface area is 89.0 Å². The van der Waals surface area contributed by atoms with Gasteiger partial charge in [-0.05, 0) is 6.07 Å². The number of rotatable bonds is 2. The summed E-state index contributed by atoms with van der Waals surface area (Å²) < 4.78 is 30.0. The molecule has 0 bridgehead atoms. The van der Waals surface area contributed by atoms with Gasteiger partial charge in [-0.1, -0.05) is 11.6 Å². The van der Waals surface area contributed by atoms with Gasteiger partial charge < -0.3 is 4.74 Å². The van der Waals surface area contributed by atoms with Gasteiger partial charge in [-0.3, -0.25) is 5.10 Å². The van der Waals surface area contributed by atoms with Crippen LogP contribution in [-0.4, -0.2) is 17.3 Å². The van der Waals surface area contributed by atoms with E-state index < -0.39 is 6.43 Å². The number of nitrogens with zero attached hydrogens (tertiary/aromatic N) is 1. The van der Waals surface area contributed by atoms with Crippen LogP contribution in [0.3, 0.4) is 0 Å². The lowest BCUT2D eigenvalue weighted by Gasteiger charge is -2.01. The molecule has 80 valence electrons. The third kappa shape index (κ3) is 1.63. The molecule has 0 spiro atoms. The minimum absolute atomic E-state index is 0.245. The molecule has 0 radical (unpaired) electrons. The van der Waals surface area contributed by atoms with E-state index in [1.165, 1.54) is 19.2 Å². The largest absolute Gasteiger partial charge is 0.497 e. The summed E-state index contributed by atoms with van der Waals surface area (Å²) in [4.78, 5) is 0. The van der Waals surface area contributed by atoms with Crippen molar-refractivity contribution in [2.45, 2.75) is 6.43 Å². The lowest BCUT2D eigenvalue weighted by Crippen LogP contribution is -1.86. The zero-order valence-electron chi connectivity index (χ0n) is 7.72. The van der Waals surface area contributed by atoms with Crippen molar-refractivity contribution in [2.24, 2.45) is 0 Å². The highest BCUT2D eigenvalue weighted by atomic mass is 35.5. The van der Waals surface area contributed by atoms with E-state index in [1.807, 2.05) is 0 Å². The summed E-state index contributed by atoms with van der Waals surface area (Å²) in [5.41, 5.74) is 0.0820. The molecule has 1 aromatic carbocycles. The van der Waals surface area contributed by atoms with Gasteiger partial charge in [0.05, 0.1) is 12.1 Å². The molecule has 0 aliphatic rings. The highest BCUT2D eigenvalue weighted by molar-refractivity contribution is 6.35. The second kappa shape index (κ2) is 3.66. The number of hydrogen-bond donors (Lipinski definition) is 1. The second-order valence-corrected chi connectivity index (χ2v) is 3.35. The van der Waals surface area contributed by atoms with E-state index in [-0.39, 0.29) is 16.1 Å². The molecule has 0 unspecified atom stereocenters. The van der Waals surface area contributed by atoms with Crippen LogP contribution in [0.4, 0.5) is 8.78 Å². The van der Waals surface area contributed by atoms with Crippen molar-refractivity contribution in [3.05, 3.63) is 22.8 Å². The van der Waals surface area contributed by atoms with Gasteiger partial charge in [-0.25, -0.2) is 8.78 Å². The molecule has 15 heavy (non-hydrogen) atoms. The summed E-state index contributed by atoms with van der Waals surface area (Å²) in [6, 6.07) is 3.01. The Morgan fingerprint density at radius 1 is 1.47 bits per heavy atom. The predicted molar refractivity (Wildman–Crippen MR) is 52.6 cm³/mol. The first-order valence-corrected chi connectivity index (χ1v) is 4.51. The average molecular weight is 233 g/mol. The van der Waals surface area contributed by atoms with E-state index in [9.17, 15) is 8.78 Å². The van der Waals surface area contributed by atoms with Gasteiger partial charge in [-0.2, -0.15) is 5.10 Å². The number of aromatic nitrogens is 2. The van der Waals surface area contributed by atoms with Crippen LogP contribution in [0, 0.1) is 0 Å². The van der Waals surface area contributed by atoms with Crippen LogP contribution in [0.1, 0.15) is 12.1 Å². The van der Waals surface area contributed by atoms with E-state index in [1.54, 1.807) is 0 Å². The summed E-state index contributed by atoms with van der Waals surface area (Å²) in [5, 5.41) is 6.56. The van der Waals surface area contributed by atoms with Crippen LogP contribution in [0.5, 0.6) is 5.75 Å². The van der Waals surface area contributed by atoms with E-state index in [0.717, 1.165) is 0 Å². The number of fused-ring (bicyclic) bond motifs is 1. The molecule has 2 aromatic rings. The molecule has 1 N–H and O–H groups in total. The van der Waals surface area contributed by atoms with Gasteiger partial charge in [0, 0.05) is 11.5 Å². The Bertz CT molecular complexity index is 498. The minimum atomic E-state index is -2.61. The van der Waals surface area contributed by atoms with Crippen LogP contribution in [-0.2, 0) is 0 Å². The van der Waals surface area contributed by atoms with Crippen molar-refractivity contribution in [1.82, 2.24) is 10.2 Å². The fraction of sp³-hybridized carbons (Fsp3) is 0.222. The average Bonchev–Trinajstić information content (AvgIpc) is 2.61. The van der Waals surface area contributed by atoms with E-state index in [2.05, 4.69) is 10.2 Å². The number of methoxy groups -OCH3 is 1. The monoisotopic (exact) mass is 232 g/mol. The maximum absolute atomic E-state index is 12.5. The Morgan fingerprint density at radius 2 is 2.20 bits per heavy atom. The van der Waals surface area contributed by atoms with Crippen molar-refractivity contribution >= 4 is 22.5 Å². The lowest BCUT2D eigenvalue weighted by molar-refractivity contribution is 0.147. The predicted octanol–water partition coefficient (Wildman–Crippen LogP) is 3.16. The molecule has 0 fully saturated rings. The molecule has 0 saturated carbocycles. The van der Waals surface area contributed by atoms with E-state index in [0.29, 0.717) is 11.3 Å². The van der Waals surface area contributed by atoms with Gasteiger partial charge in [0.15, 0.2) is 0 Å². The first-order chi connectivity index (χ1) is 7.13. The number of nitrogens with one attached hydrogen (secondary N) is 1. The zero-order valence-corrected chi connectivity index (χ0v) is 8.48. The Balaban J connectivity index is 2.72. The van der Waals surface area contributed by atoms with Crippen molar-refractivity contribution in [1.29, 1.82) is 0 Å². The van der Waals surface area contributed by atoms with Gasteiger partial charge in [0.25, 0.3) is 6.43 Å².